The summed E-state index contributed by atoms with van der Waals surface area (Å²) in [6, 6.07) is 4.07. The van der Waals surface area contributed by atoms with Gasteiger partial charge >= 0.3 is 0 Å². The van der Waals surface area contributed by atoms with Crippen molar-refractivity contribution < 1.29 is 14.4 Å². The molecule has 102 valence electrons. The highest BCUT2D eigenvalue weighted by atomic mass is 16.2. The van der Waals surface area contributed by atoms with Gasteiger partial charge in [0, 0.05) is 19.7 Å². The van der Waals surface area contributed by atoms with Crippen LogP contribution < -0.4 is 5.32 Å². The molecule has 1 aliphatic heterocycles. The zero-order valence-corrected chi connectivity index (χ0v) is 10.8. The van der Waals surface area contributed by atoms with Crippen LogP contribution in [0.1, 0.15) is 28.9 Å². The number of carbonyl (C=O) groups excluding carboxylic acids is 3. The van der Waals surface area contributed by atoms with Crippen molar-refractivity contribution in [2.45, 2.75) is 18.9 Å². The predicted molar refractivity (Wildman–Crippen MR) is 67.2 cm³/mol. The highest BCUT2D eigenvalue weighted by Crippen LogP contribution is 2.12. The summed E-state index contributed by atoms with van der Waals surface area (Å²) >= 11 is 0. The van der Waals surface area contributed by atoms with Crippen molar-refractivity contribution in [3.63, 3.8) is 0 Å². The van der Waals surface area contributed by atoms with E-state index in [0.29, 0.717) is 5.56 Å². The molecule has 1 N–H and O–H groups in total. The van der Waals surface area contributed by atoms with Crippen LogP contribution in [0, 0.1) is 11.3 Å². The third-order valence-electron chi connectivity index (χ3n) is 3.08. The van der Waals surface area contributed by atoms with Gasteiger partial charge < -0.3 is 5.32 Å². The molecule has 2 heterocycles. The first kappa shape index (κ1) is 13.7. The SMILES string of the molecule is CN1C(=O)CCC(NC(=O)c2ccc(C#N)cn2)C1=O. The Labute approximate surface area is 115 Å². The summed E-state index contributed by atoms with van der Waals surface area (Å²) in [4.78, 5) is 40.0. The molecule has 1 aromatic rings. The van der Waals surface area contributed by atoms with Crippen LogP contribution in [0.2, 0.25) is 0 Å². The maximum absolute atomic E-state index is 11.9. The van der Waals surface area contributed by atoms with Crippen LogP contribution in [0.15, 0.2) is 18.3 Å². The highest BCUT2D eigenvalue weighted by molar-refractivity contribution is 6.03. The third-order valence-corrected chi connectivity index (χ3v) is 3.08. The Morgan fingerprint density at radius 1 is 1.50 bits per heavy atom. The Kier molecular flexibility index (Phi) is 3.75. The summed E-state index contributed by atoms with van der Waals surface area (Å²) in [7, 11) is 1.39. The molecule has 0 spiro atoms. The fourth-order valence-corrected chi connectivity index (χ4v) is 1.88. The van der Waals surface area contributed by atoms with E-state index in [1.54, 1.807) is 0 Å². The van der Waals surface area contributed by atoms with Gasteiger partial charge in [0.05, 0.1) is 5.56 Å². The van der Waals surface area contributed by atoms with E-state index >= 15 is 0 Å². The van der Waals surface area contributed by atoms with Gasteiger partial charge in [-0.25, -0.2) is 4.98 Å². The fourth-order valence-electron chi connectivity index (χ4n) is 1.88. The lowest BCUT2D eigenvalue weighted by molar-refractivity contribution is -0.147. The van der Waals surface area contributed by atoms with Crippen molar-refractivity contribution in [2.24, 2.45) is 0 Å². The van der Waals surface area contributed by atoms with Crippen molar-refractivity contribution >= 4 is 17.7 Å². The van der Waals surface area contributed by atoms with E-state index < -0.39 is 17.9 Å². The molecule has 1 unspecified atom stereocenters. The summed E-state index contributed by atoms with van der Waals surface area (Å²) in [5.41, 5.74) is 0.469. The van der Waals surface area contributed by atoms with Crippen LogP contribution in [0.3, 0.4) is 0 Å². The molecule has 0 bridgehead atoms. The van der Waals surface area contributed by atoms with Gasteiger partial charge in [-0.15, -0.1) is 0 Å². The smallest absolute Gasteiger partial charge is 0.270 e. The van der Waals surface area contributed by atoms with Crippen molar-refractivity contribution in [3.8, 4) is 6.07 Å². The quantitative estimate of drug-likeness (QED) is 0.753. The van der Waals surface area contributed by atoms with Gasteiger partial charge in [0.1, 0.15) is 17.8 Å². The van der Waals surface area contributed by atoms with E-state index in [1.807, 2.05) is 6.07 Å². The van der Waals surface area contributed by atoms with Crippen LogP contribution in [0.4, 0.5) is 0 Å². The molecule has 20 heavy (non-hydrogen) atoms. The van der Waals surface area contributed by atoms with Gasteiger partial charge in [-0.05, 0) is 18.6 Å². The predicted octanol–water partition coefficient (Wildman–Crippen LogP) is -0.170. The molecule has 7 heteroatoms. The number of hydrogen-bond donors (Lipinski definition) is 1. The number of nitriles is 1. The van der Waals surface area contributed by atoms with E-state index in [1.165, 1.54) is 25.4 Å². The zero-order chi connectivity index (χ0) is 14.7. The second-order valence-electron chi connectivity index (χ2n) is 4.40. The topological polar surface area (TPSA) is 103 Å². The van der Waals surface area contributed by atoms with Gasteiger partial charge in [-0.1, -0.05) is 0 Å². The molecule has 1 atom stereocenters. The number of rotatable bonds is 2. The van der Waals surface area contributed by atoms with Crippen molar-refractivity contribution in [2.75, 3.05) is 7.05 Å². The van der Waals surface area contributed by atoms with Gasteiger partial charge in [-0.2, -0.15) is 5.26 Å². The second-order valence-corrected chi connectivity index (χ2v) is 4.40. The Balaban J connectivity index is 2.06. The molecule has 1 aliphatic rings. The van der Waals surface area contributed by atoms with Gasteiger partial charge in [0.25, 0.3) is 11.8 Å². The summed E-state index contributed by atoms with van der Waals surface area (Å²) < 4.78 is 0. The minimum atomic E-state index is -0.720. The van der Waals surface area contributed by atoms with Crippen LogP contribution in [-0.2, 0) is 9.59 Å². The molecule has 0 aliphatic carbocycles. The number of imide groups is 1. The average Bonchev–Trinajstić information content (AvgIpc) is 2.48. The van der Waals surface area contributed by atoms with Gasteiger partial charge in [0.15, 0.2) is 0 Å². The van der Waals surface area contributed by atoms with Gasteiger partial charge in [0.2, 0.25) is 5.91 Å². The zero-order valence-electron chi connectivity index (χ0n) is 10.8. The highest BCUT2D eigenvalue weighted by Gasteiger charge is 2.32. The molecule has 1 aromatic heterocycles. The number of amides is 3. The Hall–Kier alpha value is -2.75. The first-order chi connectivity index (χ1) is 9.52. The number of nitrogens with one attached hydrogen (secondary N) is 1. The van der Waals surface area contributed by atoms with E-state index in [4.69, 9.17) is 5.26 Å². The molecule has 1 fully saturated rings. The maximum atomic E-state index is 11.9. The number of nitrogens with zero attached hydrogens (tertiary/aromatic N) is 3. The molecule has 7 nitrogen and oxygen atoms in total. The normalized spacial score (nSPS) is 18.6. The van der Waals surface area contributed by atoms with E-state index in [2.05, 4.69) is 10.3 Å². The summed E-state index contributed by atoms with van der Waals surface area (Å²) in [5, 5.41) is 11.2. The lowest BCUT2D eigenvalue weighted by Gasteiger charge is -2.27. The number of aromatic nitrogens is 1. The number of carbonyl (C=O) groups is 3. The van der Waals surface area contributed by atoms with Gasteiger partial charge in [-0.3, -0.25) is 19.3 Å². The molecule has 0 radical (unpaired) electrons. The lowest BCUT2D eigenvalue weighted by Crippen LogP contribution is -2.53. The van der Waals surface area contributed by atoms with Crippen molar-refractivity contribution in [3.05, 3.63) is 29.6 Å². The number of likely N-dealkylation sites (tertiary alicyclic amines) is 1. The molecule has 2 rings (SSSR count). The summed E-state index contributed by atoms with van der Waals surface area (Å²) in [6.45, 7) is 0. The van der Waals surface area contributed by atoms with E-state index in [9.17, 15) is 14.4 Å². The molecule has 3 amide bonds. The molecule has 0 aromatic carbocycles. The first-order valence-electron chi connectivity index (χ1n) is 6.00. The van der Waals surface area contributed by atoms with Crippen molar-refractivity contribution in [1.29, 1.82) is 5.26 Å². The molecule has 1 saturated heterocycles. The number of likely N-dealkylation sites (N-methyl/N-ethyl adjacent to an activating group) is 1. The number of pyridine rings is 1. The van der Waals surface area contributed by atoms with Crippen LogP contribution in [0.25, 0.3) is 0 Å². The molecular weight excluding hydrogens is 260 g/mol. The summed E-state index contributed by atoms with van der Waals surface area (Å²) in [6.07, 6.45) is 1.78. The lowest BCUT2D eigenvalue weighted by atomic mass is 10.0. The molecular formula is C13H12N4O3. The Bertz CT molecular complexity index is 603. The largest absolute Gasteiger partial charge is 0.339 e. The average molecular weight is 272 g/mol. The second kappa shape index (κ2) is 5.48. The Morgan fingerprint density at radius 2 is 2.25 bits per heavy atom. The van der Waals surface area contributed by atoms with Crippen LogP contribution >= 0.6 is 0 Å². The number of hydrogen-bond acceptors (Lipinski definition) is 5. The first-order valence-corrected chi connectivity index (χ1v) is 6.00. The number of piperidine rings is 1. The van der Waals surface area contributed by atoms with Crippen molar-refractivity contribution in [1.82, 2.24) is 15.2 Å². The van der Waals surface area contributed by atoms with E-state index in [-0.39, 0.29) is 24.4 Å². The Morgan fingerprint density at radius 3 is 2.85 bits per heavy atom. The summed E-state index contributed by atoms with van der Waals surface area (Å²) in [5.74, 6) is -1.18. The van der Waals surface area contributed by atoms with Crippen LogP contribution in [0.5, 0.6) is 0 Å². The standard InChI is InChI=1S/C13H12N4O3/c1-17-11(18)5-4-10(13(17)20)16-12(19)9-3-2-8(6-14)7-15-9/h2-3,7,10H,4-5H2,1H3,(H,16,19). The van der Waals surface area contributed by atoms with E-state index in [0.717, 1.165) is 4.90 Å². The third kappa shape index (κ3) is 2.64. The fraction of sp³-hybridized carbons (Fsp3) is 0.308. The maximum Gasteiger partial charge on any atom is 0.270 e. The monoisotopic (exact) mass is 272 g/mol. The minimum absolute atomic E-state index is 0.122. The molecule has 0 saturated carbocycles. The minimum Gasteiger partial charge on any atom is -0.339 e. The van der Waals surface area contributed by atoms with Crippen LogP contribution in [-0.4, -0.2) is 40.7 Å².